The zero-order valence-corrected chi connectivity index (χ0v) is 24.7. The van der Waals surface area contributed by atoms with E-state index in [1.165, 1.54) is 5.19 Å². The van der Waals surface area contributed by atoms with Gasteiger partial charge in [0.2, 0.25) is 0 Å². The van der Waals surface area contributed by atoms with Crippen molar-refractivity contribution in [3.05, 3.63) is 127 Å². The Hall–Kier alpha value is -5.32. The molecule has 6 aromatic rings. The molecule has 0 aliphatic heterocycles. The van der Waals surface area contributed by atoms with Gasteiger partial charge in [-0.15, -0.1) is 0 Å². The number of benzene rings is 3. The molecule has 3 aromatic carbocycles. The third kappa shape index (κ3) is 5.75. The molecule has 0 unspecified atom stereocenters. The molecule has 42 heavy (non-hydrogen) atoms. The van der Waals surface area contributed by atoms with Gasteiger partial charge in [-0.25, -0.2) is 19.8 Å². The SMILES string of the molecule is [C-]#[N+]c1ccc(-c2nc(-c3ccccc3)nc(-c3cncc(-c4cncc(-c5ccc([Si](C)(C)C)cc5)c4)c3)n2)cc1. The molecule has 0 fully saturated rings. The Morgan fingerprint density at radius 2 is 0.952 bits per heavy atom. The van der Waals surface area contributed by atoms with Crippen molar-refractivity contribution >= 4 is 18.9 Å². The van der Waals surface area contributed by atoms with Crippen molar-refractivity contribution in [3.8, 4) is 56.4 Å². The molecular weight excluding hydrogens is 533 g/mol. The average molecular weight is 561 g/mol. The molecule has 0 radical (unpaired) electrons. The minimum Gasteiger partial charge on any atom is -0.263 e. The van der Waals surface area contributed by atoms with E-state index in [4.69, 9.17) is 21.5 Å². The number of hydrogen-bond acceptors (Lipinski definition) is 5. The maximum absolute atomic E-state index is 7.27. The lowest BCUT2D eigenvalue weighted by Gasteiger charge is -2.16. The molecule has 0 spiro atoms. The summed E-state index contributed by atoms with van der Waals surface area (Å²) in [5, 5.41) is 1.43. The van der Waals surface area contributed by atoms with Crippen molar-refractivity contribution in [1.29, 1.82) is 0 Å². The first-order valence-corrected chi connectivity index (χ1v) is 17.2. The highest BCUT2D eigenvalue weighted by Crippen LogP contribution is 2.29. The minimum absolute atomic E-state index is 0.522. The summed E-state index contributed by atoms with van der Waals surface area (Å²) in [6.45, 7) is 14.3. The lowest BCUT2D eigenvalue weighted by Crippen LogP contribution is -2.37. The second-order valence-electron chi connectivity index (χ2n) is 11.1. The standard InChI is InChI=1S/C35H28N6Si/c1-36-31-14-10-26(11-15-31)34-39-33(25-8-6-5-7-9-25)40-35(41-34)30-19-29(22-38-23-30)28-18-27(20-37-21-28)24-12-16-32(17-13-24)42(2,3)4/h5-23H,2-4H3. The summed E-state index contributed by atoms with van der Waals surface area (Å²) in [6.07, 6.45) is 7.36. The van der Waals surface area contributed by atoms with Crippen LogP contribution in [0.15, 0.2) is 116 Å². The third-order valence-corrected chi connectivity index (χ3v) is 9.14. The van der Waals surface area contributed by atoms with Gasteiger partial charge in [0, 0.05) is 58.2 Å². The lowest BCUT2D eigenvalue weighted by molar-refractivity contribution is 1.07. The van der Waals surface area contributed by atoms with Gasteiger partial charge in [0.25, 0.3) is 0 Å². The van der Waals surface area contributed by atoms with E-state index in [-0.39, 0.29) is 0 Å². The summed E-state index contributed by atoms with van der Waals surface area (Å²) in [5.74, 6) is 1.63. The van der Waals surface area contributed by atoms with Crippen LogP contribution in [0.5, 0.6) is 0 Å². The van der Waals surface area contributed by atoms with E-state index in [0.717, 1.165) is 38.9 Å². The maximum Gasteiger partial charge on any atom is 0.187 e. The monoisotopic (exact) mass is 560 g/mol. The van der Waals surface area contributed by atoms with Crippen molar-refractivity contribution in [2.45, 2.75) is 19.6 Å². The molecule has 0 saturated carbocycles. The average Bonchev–Trinajstić information content (AvgIpc) is 3.05. The fraction of sp³-hybridized carbons (Fsp3) is 0.0857. The fourth-order valence-corrected chi connectivity index (χ4v) is 5.84. The van der Waals surface area contributed by atoms with E-state index < -0.39 is 8.07 Å². The quantitative estimate of drug-likeness (QED) is 0.152. The van der Waals surface area contributed by atoms with Crippen molar-refractivity contribution in [2.75, 3.05) is 0 Å². The number of rotatable bonds is 6. The number of hydrogen-bond donors (Lipinski definition) is 0. The van der Waals surface area contributed by atoms with Gasteiger partial charge < -0.3 is 0 Å². The predicted molar refractivity (Wildman–Crippen MR) is 172 cm³/mol. The molecule has 0 aliphatic rings. The summed E-state index contributed by atoms with van der Waals surface area (Å²) in [5.41, 5.74) is 7.11. The normalized spacial score (nSPS) is 11.2. The Labute approximate surface area is 246 Å². The molecule has 0 atom stereocenters. The summed E-state index contributed by atoms with van der Waals surface area (Å²) in [4.78, 5) is 27.0. The third-order valence-electron chi connectivity index (χ3n) is 7.07. The van der Waals surface area contributed by atoms with Crippen LogP contribution >= 0.6 is 0 Å². The van der Waals surface area contributed by atoms with Crippen LogP contribution in [-0.4, -0.2) is 33.0 Å². The number of nitrogens with zero attached hydrogens (tertiary/aromatic N) is 6. The molecule has 3 aromatic heterocycles. The second kappa shape index (κ2) is 11.3. The minimum atomic E-state index is -1.37. The molecular formula is C35H28N6Si. The molecule has 0 amide bonds. The molecule has 0 aliphatic carbocycles. The van der Waals surface area contributed by atoms with E-state index in [9.17, 15) is 0 Å². The topological polar surface area (TPSA) is 68.8 Å². The molecule has 3 heterocycles. The Morgan fingerprint density at radius 1 is 0.500 bits per heavy atom. The van der Waals surface area contributed by atoms with Gasteiger partial charge in [0.05, 0.1) is 14.6 Å². The van der Waals surface area contributed by atoms with E-state index in [2.05, 4.69) is 64.8 Å². The maximum atomic E-state index is 7.27. The Kier molecular flexibility index (Phi) is 7.22. The Balaban J connectivity index is 1.40. The van der Waals surface area contributed by atoms with Crippen LogP contribution in [0.25, 0.3) is 61.3 Å². The van der Waals surface area contributed by atoms with Crippen LogP contribution in [0.2, 0.25) is 19.6 Å². The molecule has 6 nitrogen and oxygen atoms in total. The Bertz CT molecular complexity index is 1910. The van der Waals surface area contributed by atoms with E-state index in [1.54, 1.807) is 18.3 Å². The van der Waals surface area contributed by atoms with E-state index >= 15 is 0 Å². The van der Waals surface area contributed by atoms with Gasteiger partial charge in [-0.3, -0.25) is 9.97 Å². The van der Waals surface area contributed by atoms with Crippen molar-refractivity contribution in [1.82, 2.24) is 24.9 Å². The van der Waals surface area contributed by atoms with Gasteiger partial charge >= 0.3 is 0 Å². The van der Waals surface area contributed by atoms with Gasteiger partial charge in [0.15, 0.2) is 23.2 Å². The van der Waals surface area contributed by atoms with Crippen molar-refractivity contribution < 1.29 is 0 Å². The van der Waals surface area contributed by atoms with Crippen LogP contribution < -0.4 is 5.19 Å². The molecule has 202 valence electrons. The molecule has 0 saturated heterocycles. The number of pyridine rings is 2. The van der Waals surface area contributed by atoms with Crippen LogP contribution in [-0.2, 0) is 0 Å². The fourth-order valence-electron chi connectivity index (χ4n) is 4.67. The largest absolute Gasteiger partial charge is 0.263 e. The predicted octanol–water partition coefficient (Wildman–Crippen LogP) is 8.09. The smallest absolute Gasteiger partial charge is 0.187 e. The van der Waals surface area contributed by atoms with Crippen LogP contribution in [0.3, 0.4) is 0 Å². The summed E-state index contributed by atoms with van der Waals surface area (Å²) in [6, 6.07) is 30.2. The van der Waals surface area contributed by atoms with Gasteiger partial charge in [-0.2, -0.15) is 0 Å². The molecule has 6 rings (SSSR count). The lowest BCUT2D eigenvalue weighted by atomic mass is 10.0. The van der Waals surface area contributed by atoms with Crippen molar-refractivity contribution in [3.63, 3.8) is 0 Å². The second-order valence-corrected chi connectivity index (χ2v) is 16.2. The summed E-state index contributed by atoms with van der Waals surface area (Å²) < 4.78 is 0. The van der Waals surface area contributed by atoms with Crippen LogP contribution in [0, 0.1) is 6.57 Å². The van der Waals surface area contributed by atoms with E-state index in [0.29, 0.717) is 23.2 Å². The highest BCUT2D eigenvalue weighted by atomic mass is 28.3. The highest BCUT2D eigenvalue weighted by molar-refractivity contribution is 6.88. The first kappa shape index (κ1) is 26.9. The van der Waals surface area contributed by atoms with Crippen LogP contribution in [0.1, 0.15) is 0 Å². The van der Waals surface area contributed by atoms with E-state index in [1.807, 2.05) is 67.1 Å². The van der Waals surface area contributed by atoms with Crippen molar-refractivity contribution in [2.24, 2.45) is 0 Å². The molecule has 7 heteroatoms. The summed E-state index contributed by atoms with van der Waals surface area (Å²) >= 11 is 0. The first-order valence-electron chi connectivity index (χ1n) is 13.7. The summed E-state index contributed by atoms with van der Waals surface area (Å²) in [7, 11) is -1.37. The van der Waals surface area contributed by atoms with Gasteiger partial charge in [-0.1, -0.05) is 104 Å². The molecule has 0 bridgehead atoms. The number of aromatic nitrogens is 5. The van der Waals surface area contributed by atoms with Crippen LogP contribution in [0.4, 0.5) is 5.69 Å². The Morgan fingerprint density at radius 3 is 1.50 bits per heavy atom. The zero-order chi connectivity index (χ0) is 29.1. The van der Waals surface area contributed by atoms with Gasteiger partial charge in [-0.05, 0) is 17.7 Å². The first-order chi connectivity index (χ1) is 20.4. The zero-order valence-electron chi connectivity index (χ0n) is 23.7. The molecule has 0 N–H and O–H groups in total. The highest BCUT2D eigenvalue weighted by Gasteiger charge is 2.16. The van der Waals surface area contributed by atoms with Gasteiger partial charge in [0.1, 0.15) is 0 Å².